The fourth-order valence-corrected chi connectivity index (χ4v) is 2.48. The molecule has 1 heterocycles. The summed E-state index contributed by atoms with van der Waals surface area (Å²) in [6.07, 6.45) is 6.61. The molecule has 0 aliphatic heterocycles. The number of benzene rings is 1. The van der Waals surface area contributed by atoms with Gasteiger partial charge in [-0.3, -0.25) is 0 Å². The highest BCUT2D eigenvalue weighted by atomic mass is 16.4. The minimum absolute atomic E-state index is 0.251. The minimum Gasteiger partial charge on any atom is -0.421 e. The van der Waals surface area contributed by atoms with Gasteiger partial charge in [0.1, 0.15) is 6.07 Å². The van der Waals surface area contributed by atoms with Crippen molar-refractivity contribution in [2.24, 2.45) is 5.10 Å². The average molecular weight is 352 g/mol. The standard InChI is InChI=1S/C21H28N4O/c1-6-7-8-9-16-10-12-17(13-11-16)15-23-25(5)19-18(14-22)24-20(26-19)21(2,3)4/h10-13,15H,6-9H2,1-5H3. The van der Waals surface area contributed by atoms with Crippen LogP contribution < -0.4 is 5.01 Å². The zero-order chi connectivity index (χ0) is 19.2. The van der Waals surface area contributed by atoms with Crippen molar-refractivity contribution in [2.75, 3.05) is 12.1 Å². The van der Waals surface area contributed by atoms with Crippen LogP contribution in [0.3, 0.4) is 0 Å². The van der Waals surface area contributed by atoms with Crippen molar-refractivity contribution in [1.82, 2.24) is 4.98 Å². The lowest BCUT2D eigenvalue weighted by molar-refractivity contribution is 0.394. The van der Waals surface area contributed by atoms with Crippen LogP contribution in [-0.4, -0.2) is 18.2 Å². The normalized spacial score (nSPS) is 11.7. The number of oxazole rings is 1. The highest BCUT2D eigenvalue weighted by molar-refractivity contribution is 5.80. The highest BCUT2D eigenvalue weighted by Crippen LogP contribution is 2.28. The van der Waals surface area contributed by atoms with Crippen molar-refractivity contribution < 1.29 is 4.42 Å². The fraction of sp³-hybridized carbons (Fsp3) is 0.476. The topological polar surface area (TPSA) is 65.4 Å². The maximum absolute atomic E-state index is 9.30. The first-order valence-corrected chi connectivity index (χ1v) is 9.13. The summed E-state index contributed by atoms with van der Waals surface area (Å²) in [6.45, 7) is 8.20. The molecule has 5 nitrogen and oxygen atoms in total. The van der Waals surface area contributed by atoms with Crippen LogP contribution in [0.15, 0.2) is 33.8 Å². The Hall–Kier alpha value is -2.61. The number of aromatic nitrogens is 1. The molecule has 0 atom stereocenters. The van der Waals surface area contributed by atoms with Gasteiger partial charge in [-0.2, -0.15) is 15.3 Å². The zero-order valence-corrected chi connectivity index (χ0v) is 16.4. The Bertz CT molecular complexity index is 776. The third-order valence-corrected chi connectivity index (χ3v) is 4.08. The van der Waals surface area contributed by atoms with Crippen molar-refractivity contribution in [2.45, 2.75) is 58.8 Å². The molecule has 2 aromatic rings. The average Bonchev–Trinajstić information content (AvgIpc) is 3.06. The largest absolute Gasteiger partial charge is 0.421 e. The number of hydrogen-bond acceptors (Lipinski definition) is 5. The molecule has 0 fully saturated rings. The molecule has 1 aromatic heterocycles. The predicted molar refractivity (Wildman–Crippen MR) is 106 cm³/mol. The van der Waals surface area contributed by atoms with E-state index < -0.39 is 0 Å². The molecule has 0 aliphatic rings. The van der Waals surface area contributed by atoms with Crippen molar-refractivity contribution in [3.05, 3.63) is 47.0 Å². The van der Waals surface area contributed by atoms with E-state index in [1.165, 1.54) is 24.8 Å². The smallest absolute Gasteiger partial charge is 0.254 e. The van der Waals surface area contributed by atoms with E-state index in [0.29, 0.717) is 11.8 Å². The minimum atomic E-state index is -0.262. The van der Waals surface area contributed by atoms with Crippen molar-refractivity contribution in [3.63, 3.8) is 0 Å². The summed E-state index contributed by atoms with van der Waals surface area (Å²) in [5, 5.41) is 15.2. The predicted octanol–water partition coefficient (Wildman–Crippen LogP) is 5.05. The molecular weight excluding hydrogens is 324 g/mol. The van der Waals surface area contributed by atoms with E-state index in [1.54, 1.807) is 18.3 Å². The number of nitrogens with zero attached hydrogens (tertiary/aromatic N) is 4. The molecule has 1 aromatic carbocycles. The molecule has 0 N–H and O–H groups in total. The van der Waals surface area contributed by atoms with Gasteiger partial charge in [-0.25, -0.2) is 5.01 Å². The summed E-state index contributed by atoms with van der Waals surface area (Å²) in [4.78, 5) is 4.28. The summed E-state index contributed by atoms with van der Waals surface area (Å²) >= 11 is 0. The molecule has 0 saturated carbocycles. The molecule has 0 aliphatic carbocycles. The van der Waals surface area contributed by atoms with Gasteiger partial charge in [0.25, 0.3) is 5.88 Å². The Kier molecular flexibility index (Phi) is 6.57. The third-order valence-electron chi connectivity index (χ3n) is 4.08. The lowest BCUT2D eigenvalue weighted by atomic mass is 9.97. The fourth-order valence-electron chi connectivity index (χ4n) is 2.48. The van der Waals surface area contributed by atoms with Gasteiger partial charge in [0.15, 0.2) is 0 Å². The molecular formula is C21H28N4O. The van der Waals surface area contributed by atoms with Gasteiger partial charge in [-0.1, -0.05) is 64.8 Å². The Morgan fingerprint density at radius 2 is 1.92 bits per heavy atom. The number of rotatable bonds is 7. The third kappa shape index (κ3) is 5.19. The first kappa shape index (κ1) is 19.7. The Morgan fingerprint density at radius 3 is 2.50 bits per heavy atom. The molecule has 0 bridgehead atoms. The highest BCUT2D eigenvalue weighted by Gasteiger charge is 2.25. The quantitative estimate of drug-likeness (QED) is 0.397. The van der Waals surface area contributed by atoms with Crippen LogP contribution in [0.5, 0.6) is 0 Å². The van der Waals surface area contributed by atoms with E-state index in [4.69, 9.17) is 4.42 Å². The van der Waals surface area contributed by atoms with Gasteiger partial charge in [0, 0.05) is 12.5 Å². The first-order chi connectivity index (χ1) is 12.3. The first-order valence-electron chi connectivity index (χ1n) is 9.13. The molecule has 5 heteroatoms. The number of unbranched alkanes of at least 4 members (excludes halogenated alkanes) is 2. The summed E-state index contributed by atoms with van der Waals surface area (Å²) in [6, 6.07) is 10.5. The van der Waals surface area contributed by atoms with Gasteiger partial charge in [0.2, 0.25) is 11.6 Å². The molecule has 0 spiro atoms. The van der Waals surface area contributed by atoms with Crippen LogP contribution in [0.1, 0.15) is 69.7 Å². The van der Waals surface area contributed by atoms with Gasteiger partial charge < -0.3 is 4.42 Å². The summed E-state index contributed by atoms with van der Waals surface area (Å²) in [5.41, 5.74) is 2.34. The molecule has 138 valence electrons. The van der Waals surface area contributed by atoms with Gasteiger partial charge in [-0.15, -0.1) is 0 Å². The van der Waals surface area contributed by atoms with Crippen LogP contribution in [-0.2, 0) is 11.8 Å². The monoisotopic (exact) mass is 352 g/mol. The van der Waals surface area contributed by atoms with Crippen molar-refractivity contribution in [3.8, 4) is 6.07 Å². The van der Waals surface area contributed by atoms with Crippen LogP contribution in [0.4, 0.5) is 5.88 Å². The lowest BCUT2D eigenvalue weighted by Crippen LogP contribution is -2.11. The van der Waals surface area contributed by atoms with E-state index in [1.807, 2.05) is 20.8 Å². The Morgan fingerprint density at radius 1 is 1.23 bits per heavy atom. The second kappa shape index (κ2) is 8.66. The van der Waals surface area contributed by atoms with Crippen LogP contribution in [0.25, 0.3) is 0 Å². The SMILES string of the molecule is CCCCCc1ccc(C=NN(C)c2oc(C(C)(C)C)nc2C#N)cc1. The van der Waals surface area contributed by atoms with E-state index in [9.17, 15) is 5.26 Å². The second-order valence-corrected chi connectivity index (χ2v) is 7.50. The van der Waals surface area contributed by atoms with E-state index in [2.05, 4.69) is 47.3 Å². The Labute approximate surface area is 156 Å². The van der Waals surface area contributed by atoms with Gasteiger partial charge >= 0.3 is 0 Å². The maximum atomic E-state index is 9.30. The Balaban J connectivity index is 2.08. The zero-order valence-electron chi connectivity index (χ0n) is 16.4. The summed E-state index contributed by atoms with van der Waals surface area (Å²) in [7, 11) is 1.75. The molecule has 2 rings (SSSR count). The van der Waals surface area contributed by atoms with E-state index >= 15 is 0 Å². The van der Waals surface area contributed by atoms with Gasteiger partial charge in [-0.05, 0) is 24.0 Å². The van der Waals surface area contributed by atoms with Crippen molar-refractivity contribution >= 4 is 12.1 Å². The molecule has 0 unspecified atom stereocenters. The number of hydrogen-bond donors (Lipinski definition) is 0. The van der Waals surface area contributed by atoms with E-state index in [-0.39, 0.29) is 11.1 Å². The van der Waals surface area contributed by atoms with Crippen LogP contribution in [0.2, 0.25) is 0 Å². The number of hydrazone groups is 1. The number of nitriles is 1. The van der Waals surface area contributed by atoms with Crippen LogP contribution >= 0.6 is 0 Å². The molecule has 0 amide bonds. The maximum Gasteiger partial charge on any atom is 0.254 e. The summed E-state index contributed by atoms with van der Waals surface area (Å²) in [5.74, 6) is 0.896. The number of anilines is 1. The molecule has 0 radical (unpaired) electrons. The lowest BCUT2D eigenvalue weighted by Gasteiger charge is -2.13. The van der Waals surface area contributed by atoms with E-state index in [0.717, 1.165) is 12.0 Å². The van der Waals surface area contributed by atoms with Crippen molar-refractivity contribution in [1.29, 1.82) is 5.26 Å². The molecule has 0 saturated heterocycles. The molecule has 26 heavy (non-hydrogen) atoms. The summed E-state index contributed by atoms with van der Waals surface area (Å²) < 4.78 is 5.77. The van der Waals surface area contributed by atoms with Crippen LogP contribution in [0, 0.1) is 11.3 Å². The van der Waals surface area contributed by atoms with Gasteiger partial charge in [0.05, 0.1) is 6.21 Å². The number of aryl methyl sites for hydroxylation is 1. The second-order valence-electron chi connectivity index (χ2n) is 7.50.